The maximum Gasteiger partial charge on any atom is 0.329 e. The number of amides is 4. The Morgan fingerprint density at radius 3 is 2.66 bits per heavy atom. The van der Waals surface area contributed by atoms with Crippen LogP contribution in [-0.4, -0.2) is 83.4 Å². The van der Waals surface area contributed by atoms with E-state index < -0.39 is 6.03 Å². The van der Waals surface area contributed by atoms with E-state index in [0.717, 1.165) is 97.0 Å². The number of rotatable bonds is 10. The molecular formula is C41H45N11O4. The Balaban J connectivity index is 0.805. The molecule has 0 bridgehead atoms. The van der Waals surface area contributed by atoms with E-state index in [1.807, 2.05) is 35.3 Å². The highest BCUT2D eigenvalue weighted by molar-refractivity contribution is 6.08. The minimum Gasteiger partial charge on any atom is -0.345 e. The number of nitrogens with zero attached hydrogens (tertiary/aromatic N) is 9. The van der Waals surface area contributed by atoms with E-state index in [-0.39, 0.29) is 29.5 Å². The van der Waals surface area contributed by atoms with Crippen LogP contribution < -0.4 is 15.5 Å². The standard InChI is InChI=1S/C41H45N11O4/c1-25-19-29(5-6-30(25)22-42-38(54)36-46-39(56-48-36)41(2)13-4-14-41)35-33-20-26(23-52(33)44-24-43-35)9-15-50-16-10-27(11-17-50)28-7-8-31-32(21-28)49(3)47-37(31)51-18-12-34(53)45-40(51)55/h5-8,19-21,23-24,27H,4,9-18,22H2,1-3H3,(H,42,54)(H,45,53,55). The quantitative estimate of drug-likeness (QED) is 0.189. The van der Waals surface area contributed by atoms with Crippen molar-refractivity contribution in [2.45, 2.75) is 76.7 Å². The molecular weight excluding hydrogens is 711 g/mol. The molecule has 0 spiro atoms. The first-order valence-electron chi connectivity index (χ1n) is 19.5. The molecule has 2 aromatic carbocycles. The Hall–Kier alpha value is -5.96. The van der Waals surface area contributed by atoms with Gasteiger partial charge in [0.2, 0.25) is 11.8 Å². The maximum atomic E-state index is 12.8. The predicted octanol–water partition coefficient (Wildman–Crippen LogP) is 5.21. The van der Waals surface area contributed by atoms with E-state index in [4.69, 9.17) is 4.52 Å². The van der Waals surface area contributed by atoms with Gasteiger partial charge in [0.1, 0.15) is 6.33 Å². The summed E-state index contributed by atoms with van der Waals surface area (Å²) in [5, 5.41) is 19.3. The Bertz CT molecular complexity index is 2490. The number of likely N-dealkylation sites (tertiary alicyclic amines) is 1. The van der Waals surface area contributed by atoms with Crippen LogP contribution in [0.4, 0.5) is 10.6 Å². The van der Waals surface area contributed by atoms with Crippen LogP contribution in [0.3, 0.4) is 0 Å². The molecule has 6 heterocycles. The Labute approximate surface area is 323 Å². The largest absolute Gasteiger partial charge is 0.345 e. The summed E-state index contributed by atoms with van der Waals surface area (Å²) in [6, 6.07) is 14.4. The number of carbonyl (C=O) groups excluding carboxylic acids is 3. The van der Waals surface area contributed by atoms with Crippen molar-refractivity contribution in [2.24, 2.45) is 7.05 Å². The molecule has 56 heavy (non-hydrogen) atoms. The smallest absolute Gasteiger partial charge is 0.329 e. The number of urea groups is 1. The molecule has 9 rings (SSSR count). The number of fused-ring (bicyclic) bond motifs is 2. The predicted molar refractivity (Wildman–Crippen MR) is 208 cm³/mol. The van der Waals surface area contributed by atoms with Crippen LogP contribution in [0.1, 0.15) is 90.1 Å². The fourth-order valence-corrected chi connectivity index (χ4v) is 8.37. The molecule has 288 valence electrons. The SMILES string of the molecule is Cc1cc(-c2ncnn3cc(CCN4CCC(c5ccc6c(N7CCC(=O)NC7=O)nn(C)c6c5)CC4)cc23)ccc1CNC(=O)c1noc(C2(C)CCC2)n1. The van der Waals surface area contributed by atoms with Crippen LogP contribution in [-0.2, 0) is 30.2 Å². The number of hydrogen-bond donors (Lipinski definition) is 2. The lowest BCUT2D eigenvalue weighted by atomic mass is 9.70. The molecule has 3 fully saturated rings. The first-order chi connectivity index (χ1) is 27.1. The van der Waals surface area contributed by atoms with Gasteiger partial charge in [-0.05, 0) is 105 Å². The highest BCUT2D eigenvalue weighted by Crippen LogP contribution is 2.42. The molecule has 4 aromatic heterocycles. The van der Waals surface area contributed by atoms with Crippen LogP contribution in [0.25, 0.3) is 27.7 Å². The zero-order valence-electron chi connectivity index (χ0n) is 31.9. The number of nitrogens with one attached hydrogen (secondary N) is 2. The molecule has 2 N–H and O–H groups in total. The molecule has 15 nitrogen and oxygen atoms in total. The van der Waals surface area contributed by atoms with Gasteiger partial charge in [-0.1, -0.05) is 36.7 Å². The summed E-state index contributed by atoms with van der Waals surface area (Å²) in [6.07, 6.45) is 10.1. The number of aryl methyl sites for hydroxylation is 2. The highest BCUT2D eigenvalue weighted by atomic mass is 16.5. The number of piperidine rings is 1. The molecule has 1 aliphatic carbocycles. The van der Waals surface area contributed by atoms with Crippen molar-refractivity contribution >= 4 is 40.1 Å². The van der Waals surface area contributed by atoms with Gasteiger partial charge in [-0.15, -0.1) is 0 Å². The number of benzene rings is 2. The first kappa shape index (κ1) is 35.7. The van der Waals surface area contributed by atoms with Crippen LogP contribution in [0.5, 0.6) is 0 Å². The lowest BCUT2D eigenvalue weighted by Crippen LogP contribution is -2.49. The Kier molecular flexibility index (Phi) is 9.11. The van der Waals surface area contributed by atoms with Gasteiger partial charge < -0.3 is 14.7 Å². The third-order valence-corrected chi connectivity index (χ3v) is 12.1. The normalized spacial score (nSPS) is 17.7. The van der Waals surface area contributed by atoms with E-state index in [2.05, 4.69) is 84.3 Å². The average Bonchev–Trinajstić information content (AvgIpc) is 3.93. The summed E-state index contributed by atoms with van der Waals surface area (Å²) in [4.78, 5) is 50.1. The number of hydrogen-bond acceptors (Lipinski definition) is 10. The van der Waals surface area contributed by atoms with E-state index in [1.165, 1.54) is 11.1 Å². The van der Waals surface area contributed by atoms with E-state index in [1.54, 1.807) is 11.2 Å². The van der Waals surface area contributed by atoms with Crippen molar-refractivity contribution in [3.05, 3.63) is 89.0 Å². The van der Waals surface area contributed by atoms with Crippen LogP contribution >= 0.6 is 0 Å². The van der Waals surface area contributed by atoms with Crippen LogP contribution in [0, 0.1) is 6.92 Å². The number of carbonyl (C=O) groups is 3. The maximum absolute atomic E-state index is 12.8. The molecule has 6 aromatic rings. The van der Waals surface area contributed by atoms with Gasteiger partial charge in [0.05, 0.1) is 16.7 Å². The Morgan fingerprint density at radius 2 is 1.89 bits per heavy atom. The van der Waals surface area contributed by atoms with Gasteiger partial charge in [-0.25, -0.2) is 14.3 Å². The van der Waals surface area contributed by atoms with Gasteiger partial charge >= 0.3 is 6.03 Å². The summed E-state index contributed by atoms with van der Waals surface area (Å²) >= 11 is 0. The fraction of sp³-hybridized carbons (Fsp3) is 0.415. The topological polar surface area (TPSA) is 169 Å². The minimum atomic E-state index is -0.421. The van der Waals surface area contributed by atoms with Crippen molar-refractivity contribution < 1.29 is 18.9 Å². The molecule has 0 atom stereocenters. The van der Waals surface area contributed by atoms with Crippen LogP contribution in [0.2, 0.25) is 0 Å². The highest BCUT2D eigenvalue weighted by Gasteiger charge is 2.39. The zero-order chi connectivity index (χ0) is 38.6. The fourth-order valence-electron chi connectivity index (χ4n) is 8.37. The summed E-state index contributed by atoms with van der Waals surface area (Å²) in [6.45, 7) is 7.80. The summed E-state index contributed by atoms with van der Waals surface area (Å²) < 4.78 is 9.15. The molecule has 2 aliphatic heterocycles. The van der Waals surface area contributed by atoms with Gasteiger partial charge in [0.25, 0.3) is 11.7 Å². The second kappa shape index (κ2) is 14.3. The third kappa shape index (κ3) is 6.69. The van der Waals surface area contributed by atoms with E-state index in [9.17, 15) is 14.4 Å². The minimum absolute atomic E-state index is 0.0709. The molecule has 0 unspecified atom stereocenters. The molecule has 4 amide bonds. The van der Waals surface area contributed by atoms with Crippen molar-refractivity contribution in [1.82, 2.24) is 50.1 Å². The molecule has 15 heteroatoms. The number of aromatic nitrogens is 7. The zero-order valence-corrected chi connectivity index (χ0v) is 31.9. The molecule has 1 saturated carbocycles. The monoisotopic (exact) mass is 755 g/mol. The second-order valence-electron chi connectivity index (χ2n) is 15.8. The van der Waals surface area contributed by atoms with Crippen molar-refractivity contribution in [1.29, 1.82) is 0 Å². The lowest BCUT2D eigenvalue weighted by Gasteiger charge is -2.34. The summed E-state index contributed by atoms with van der Waals surface area (Å²) in [5.41, 5.74) is 8.22. The van der Waals surface area contributed by atoms with Gasteiger partial charge in [-0.2, -0.15) is 15.2 Å². The summed E-state index contributed by atoms with van der Waals surface area (Å²) in [7, 11) is 1.90. The van der Waals surface area contributed by atoms with Gasteiger partial charge in [0, 0.05) is 55.7 Å². The van der Waals surface area contributed by atoms with Crippen molar-refractivity contribution in [3.8, 4) is 11.3 Å². The first-order valence-corrected chi connectivity index (χ1v) is 19.5. The van der Waals surface area contributed by atoms with Gasteiger partial charge in [-0.3, -0.25) is 24.5 Å². The van der Waals surface area contributed by atoms with Crippen molar-refractivity contribution in [2.75, 3.05) is 31.1 Å². The number of imide groups is 1. The summed E-state index contributed by atoms with van der Waals surface area (Å²) in [5.74, 6) is 1.05. The van der Waals surface area contributed by atoms with E-state index >= 15 is 0 Å². The number of anilines is 1. The van der Waals surface area contributed by atoms with Crippen LogP contribution in [0.15, 0.2) is 59.5 Å². The molecule has 0 radical (unpaired) electrons. The van der Waals surface area contributed by atoms with E-state index in [0.29, 0.717) is 30.7 Å². The lowest BCUT2D eigenvalue weighted by molar-refractivity contribution is -0.120. The second-order valence-corrected chi connectivity index (χ2v) is 15.8. The molecule has 3 aliphatic rings. The van der Waals surface area contributed by atoms with Gasteiger partial charge in [0.15, 0.2) is 5.82 Å². The Morgan fingerprint density at radius 1 is 1.05 bits per heavy atom. The molecule has 2 saturated heterocycles. The van der Waals surface area contributed by atoms with Crippen molar-refractivity contribution in [3.63, 3.8) is 0 Å². The third-order valence-electron chi connectivity index (χ3n) is 12.1. The average molecular weight is 756 g/mol.